The summed E-state index contributed by atoms with van der Waals surface area (Å²) in [4.78, 5) is 24.0. The maximum Gasteiger partial charge on any atom is 0.308 e. The van der Waals surface area contributed by atoms with Crippen molar-refractivity contribution in [2.45, 2.75) is 13.0 Å². The Morgan fingerprint density at radius 3 is 2.88 bits per heavy atom. The minimum atomic E-state index is -0.910. The van der Waals surface area contributed by atoms with Gasteiger partial charge >= 0.3 is 5.97 Å². The molecule has 1 amide bonds. The summed E-state index contributed by atoms with van der Waals surface area (Å²) in [5, 5.41) is 9.47. The smallest absolute Gasteiger partial charge is 0.308 e. The Labute approximate surface area is 104 Å². The van der Waals surface area contributed by atoms with Gasteiger partial charge in [-0.3, -0.25) is 9.59 Å². The molecule has 0 bridgehead atoms. The normalized spacial score (nSPS) is 19.7. The van der Waals surface area contributed by atoms with E-state index in [9.17, 15) is 9.59 Å². The van der Waals surface area contributed by atoms with E-state index in [0.29, 0.717) is 11.6 Å². The summed E-state index contributed by atoms with van der Waals surface area (Å²) in [5.74, 6) is -1.61. The van der Waals surface area contributed by atoms with Crippen molar-refractivity contribution in [3.8, 4) is 0 Å². The number of likely N-dealkylation sites (tertiary alicyclic amines) is 1. The number of carbonyl (C=O) groups excluding carboxylic acids is 1. The monoisotopic (exact) mass is 253 g/mol. The molecule has 17 heavy (non-hydrogen) atoms. The molecule has 1 saturated heterocycles. The lowest BCUT2D eigenvalue weighted by atomic mass is 10.1. The van der Waals surface area contributed by atoms with Gasteiger partial charge in [-0.15, -0.1) is 0 Å². The number of carboxylic acid groups (broad SMARTS) is 1. The van der Waals surface area contributed by atoms with Crippen LogP contribution in [0.3, 0.4) is 0 Å². The van der Waals surface area contributed by atoms with Crippen molar-refractivity contribution >= 4 is 23.5 Å². The van der Waals surface area contributed by atoms with Crippen LogP contribution in [0.15, 0.2) is 24.3 Å². The molecule has 0 radical (unpaired) electrons. The van der Waals surface area contributed by atoms with Crippen molar-refractivity contribution in [1.82, 2.24) is 4.90 Å². The zero-order valence-corrected chi connectivity index (χ0v) is 9.85. The number of amides is 1. The Morgan fingerprint density at radius 2 is 2.29 bits per heavy atom. The molecular formula is C12H12ClNO3. The summed E-state index contributed by atoms with van der Waals surface area (Å²) in [7, 11) is 0. The molecule has 1 aliphatic rings. The van der Waals surface area contributed by atoms with Crippen molar-refractivity contribution in [1.29, 1.82) is 0 Å². The van der Waals surface area contributed by atoms with Gasteiger partial charge in [-0.1, -0.05) is 23.7 Å². The predicted octanol–water partition coefficient (Wildman–Crippen LogP) is 1.77. The third-order valence-corrected chi connectivity index (χ3v) is 3.06. The summed E-state index contributed by atoms with van der Waals surface area (Å²) in [5.41, 5.74) is 0.914. The van der Waals surface area contributed by atoms with Gasteiger partial charge in [-0.05, 0) is 17.7 Å². The fraction of sp³-hybridized carbons (Fsp3) is 0.333. The van der Waals surface area contributed by atoms with Crippen LogP contribution in [-0.2, 0) is 16.1 Å². The molecule has 90 valence electrons. The average molecular weight is 254 g/mol. The summed E-state index contributed by atoms with van der Waals surface area (Å²) >= 11 is 5.85. The van der Waals surface area contributed by atoms with Crippen LogP contribution in [0.2, 0.25) is 5.02 Å². The third-order valence-electron chi connectivity index (χ3n) is 2.83. The molecule has 0 aliphatic carbocycles. The highest BCUT2D eigenvalue weighted by molar-refractivity contribution is 6.30. The van der Waals surface area contributed by atoms with Gasteiger partial charge in [0, 0.05) is 24.5 Å². The van der Waals surface area contributed by atoms with Crippen LogP contribution in [-0.4, -0.2) is 28.4 Å². The Bertz CT molecular complexity index is 461. The summed E-state index contributed by atoms with van der Waals surface area (Å²) in [6.07, 6.45) is 0.0932. The molecule has 0 spiro atoms. The first-order valence-electron chi connectivity index (χ1n) is 5.31. The summed E-state index contributed by atoms with van der Waals surface area (Å²) in [6, 6.07) is 7.22. The number of benzene rings is 1. The standard InChI is InChI=1S/C12H12ClNO3/c13-10-3-1-2-8(4-10)6-14-7-9(12(16)17)5-11(14)15/h1-4,9H,5-7H2,(H,16,17)/t9-/m1/s1. The zero-order valence-electron chi connectivity index (χ0n) is 9.10. The molecule has 1 N–H and O–H groups in total. The van der Waals surface area contributed by atoms with Gasteiger partial charge < -0.3 is 10.0 Å². The topological polar surface area (TPSA) is 57.6 Å². The van der Waals surface area contributed by atoms with Crippen molar-refractivity contribution in [3.05, 3.63) is 34.9 Å². The second kappa shape index (κ2) is 4.75. The minimum absolute atomic E-state index is 0.0932. The molecule has 4 nitrogen and oxygen atoms in total. The number of rotatable bonds is 3. The van der Waals surface area contributed by atoms with Crippen LogP contribution in [0, 0.1) is 5.92 Å². The molecule has 5 heteroatoms. The van der Waals surface area contributed by atoms with Gasteiger partial charge in [0.25, 0.3) is 0 Å². The largest absolute Gasteiger partial charge is 0.481 e. The predicted molar refractivity (Wildman–Crippen MR) is 62.6 cm³/mol. The minimum Gasteiger partial charge on any atom is -0.481 e. The van der Waals surface area contributed by atoms with Gasteiger partial charge in [-0.25, -0.2) is 0 Å². The first kappa shape index (κ1) is 11.9. The Morgan fingerprint density at radius 1 is 1.53 bits per heavy atom. The molecule has 1 heterocycles. The van der Waals surface area contributed by atoms with Crippen LogP contribution in [0.5, 0.6) is 0 Å². The van der Waals surface area contributed by atoms with Crippen LogP contribution in [0.1, 0.15) is 12.0 Å². The first-order chi connectivity index (χ1) is 8.06. The average Bonchev–Trinajstić information content (AvgIpc) is 2.61. The SMILES string of the molecule is O=C(O)[C@@H]1CC(=O)N(Cc2cccc(Cl)c2)C1. The van der Waals surface area contributed by atoms with E-state index in [1.54, 1.807) is 17.0 Å². The highest BCUT2D eigenvalue weighted by Gasteiger charge is 2.33. The molecule has 0 unspecified atom stereocenters. The molecule has 2 rings (SSSR count). The summed E-state index contributed by atoms with van der Waals surface area (Å²) in [6.45, 7) is 0.698. The molecule has 0 saturated carbocycles. The number of hydrogen-bond donors (Lipinski definition) is 1. The lowest BCUT2D eigenvalue weighted by Gasteiger charge is -2.16. The van der Waals surface area contributed by atoms with Crippen LogP contribution in [0.4, 0.5) is 0 Å². The second-order valence-electron chi connectivity index (χ2n) is 4.14. The Balaban J connectivity index is 2.05. The zero-order chi connectivity index (χ0) is 12.4. The van der Waals surface area contributed by atoms with E-state index in [-0.39, 0.29) is 18.9 Å². The van der Waals surface area contributed by atoms with Gasteiger partial charge in [0.1, 0.15) is 0 Å². The number of aliphatic carboxylic acids is 1. The van der Waals surface area contributed by atoms with Crippen LogP contribution >= 0.6 is 11.6 Å². The van der Waals surface area contributed by atoms with E-state index >= 15 is 0 Å². The highest BCUT2D eigenvalue weighted by Crippen LogP contribution is 2.21. The highest BCUT2D eigenvalue weighted by atomic mass is 35.5. The summed E-state index contributed by atoms with van der Waals surface area (Å²) < 4.78 is 0. The third kappa shape index (κ3) is 2.77. The first-order valence-corrected chi connectivity index (χ1v) is 5.69. The van der Waals surface area contributed by atoms with Gasteiger partial charge in [0.15, 0.2) is 0 Å². The van der Waals surface area contributed by atoms with E-state index in [1.165, 1.54) is 0 Å². The van der Waals surface area contributed by atoms with E-state index in [0.717, 1.165) is 5.56 Å². The van der Waals surface area contributed by atoms with E-state index < -0.39 is 11.9 Å². The maximum absolute atomic E-state index is 11.6. The second-order valence-corrected chi connectivity index (χ2v) is 4.58. The molecule has 1 atom stereocenters. The number of carboxylic acids is 1. The van der Waals surface area contributed by atoms with Gasteiger partial charge in [-0.2, -0.15) is 0 Å². The molecule has 1 fully saturated rings. The fourth-order valence-corrected chi connectivity index (χ4v) is 2.16. The Kier molecular flexibility index (Phi) is 3.33. The number of halogens is 1. The quantitative estimate of drug-likeness (QED) is 0.893. The number of hydrogen-bond acceptors (Lipinski definition) is 2. The van der Waals surface area contributed by atoms with Crippen molar-refractivity contribution < 1.29 is 14.7 Å². The van der Waals surface area contributed by atoms with E-state index in [4.69, 9.17) is 16.7 Å². The number of carbonyl (C=O) groups is 2. The van der Waals surface area contributed by atoms with Crippen molar-refractivity contribution in [2.75, 3.05) is 6.54 Å². The lowest BCUT2D eigenvalue weighted by molar-refractivity contribution is -0.141. The Hall–Kier alpha value is -1.55. The maximum atomic E-state index is 11.6. The lowest BCUT2D eigenvalue weighted by Crippen LogP contribution is -2.25. The van der Waals surface area contributed by atoms with Gasteiger partial charge in [0.05, 0.1) is 5.92 Å². The fourth-order valence-electron chi connectivity index (χ4n) is 1.95. The van der Waals surface area contributed by atoms with E-state index in [1.807, 2.05) is 12.1 Å². The van der Waals surface area contributed by atoms with E-state index in [2.05, 4.69) is 0 Å². The van der Waals surface area contributed by atoms with Crippen LogP contribution in [0.25, 0.3) is 0 Å². The molecule has 1 aromatic carbocycles. The number of nitrogens with zero attached hydrogens (tertiary/aromatic N) is 1. The molecule has 1 aliphatic heterocycles. The van der Waals surface area contributed by atoms with Crippen LogP contribution < -0.4 is 0 Å². The molecule has 0 aromatic heterocycles. The van der Waals surface area contributed by atoms with Gasteiger partial charge in [0.2, 0.25) is 5.91 Å². The molecular weight excluding hydrogens is 242 g/mol. The van der Waals surface area contributed by atoms with Crippen molar-refractivity contribution in [3.63, 3.8) is 0 Å². The molecule has 1 aromatic rings. The van der Waals surface area contributed by atoms with Crippen molar-refractivity contribution in [2.24, 2.45) is 5.92 Å².